The Kier molecular flexibility index (Phi) is 6.10. The maximum absolute atomic E-state index is 14.5. The normalized spacial score (nSPS) is 49.3. The van der Waals surface area contributed by atoms with Crippen LogP contribution in [0.5, 0.6) is 0 Å². The topological polar surface area (TPSA) is 66.8 Å². The van der Waals surface area contributed by atoms with Gasteiger partial charge in [0.25, 0.3) is 5.91 Å². The van der Waals surface area contributed by atoms with Crippen molar-refractivity contribution in [2.45, 2.75) is 131 Å². The lowest BCUT2D eigenvalue weighted by molar-refractivity contribution is -0.203. The third-order valence-corrected chi connectivity index (χ3v) is 14.3. The summed E-state index contributed by atoms with van der Waals surface area (Å²) in [4.78, 5) is 33.9. The predicted molar refractivity (Wildman–Crippen MR) is 155 cm³/mol. The number of terminal acetylenes is 1. The summed E-state index contributed by atoms with van der Waals surface area (Å²) in [5, 5.41) is 12.5. The van der Waals surface area contributed by atoms with Gasteiger partial charge in [0, 0.05) is 5.92 Å². The Labute approximate surface area is 241 Å². The highest BCUT2D eigenvalue weighted by Gasteiger charge is 2.70. The Balaban J connectivity index is 1.39. The monoisotopic (exact) mass is 549 g/mol. The number of hydrogen-bond donors (Lipinski definition) is 1. The summed E-state index contributed by atoms with van der Waals surface area (Å²) in [5.41, 5.74) is 0.315. The number of nitrogens with zero attached hydrogens (tertiary/aromatic N) is 1. The predicted octanol–water partition coefficient (Wildman–Crippen LogP) is 6.84. The average Bonchev–Trinajstić information content (AvgIpc) is 3.72. The molecule has 0 aromatic rings. The summed E-state index contributed by atoms with van der Waals surface area (Å²) in [6, 6.07) is 0.0923. The number of amides is 1. The Morgan fingerprint density at radius 1 is 0.975 bits per heavy atom. The summed E-state index contributed by atoms with van der Waals surface area (Å²) in [5.74, 6) is 0.809. The van der Waals surface area contributed by atoms with Crippen LogP contribution in [0.25, 0.3) is 0 Å². The third-order valence-electron chi connectivity index (χ3n) is 14.3. The van der Waals surface area contributed by atoms with E-state index in [2.05, 4.69) is 60.6 Å². The van der Waals surface area contributed by atoms with Gasteiger partial charge in [0.05, 0.1) is 17.6 Å². The fraction of sp³-hybridized carbons (Fsp3) is 0.829. The van der Waals surface area contributed by atoms with E-state index in [1.165, 1.54) is 10.6 Å². The molecule has 5 saturated carbocycles. The van der Waals surface area contributed by atoms with Crippen molar-refractivity contribution in [2.24, 2.45) is 50.2 Å². The standard InChI is InChI=1S/C35H51NO4/c1-9-40-36(22-10-11-22)29(39)32(5)17-16-31(4)18-19-34(7)23(24(31)21-32)20-25(37)28-33(6)14-13-27(38)30(2,3)26(33)12-15-35(28,34)8/h1,20,22,24,26-28,38H,10-19,21H2,2-8H3/t24-,26?,27-,28+,31+,32-,33-,34+,35+/m0/s1. The molecular formula is C35H51NO4. The molecule has 0 bridgehead atoms. The maximum Gasteiger partial charge on any atom is 0.262 e. The third kappa shape index (κ3) is 3.56. The van der Waals surface area contributed by atoms with Crippen molar-refractivity contribution in [2.75, 3.05) is 0 Å². The minimum Gasteiger partial charge on any atom is -0.393 e. The minimum atomic E-state index is -0.559. The molecule has 6 rings (SSSR count). The number of hydroxylamine groups is 2. The lowest BCUT2D eigenvalue weighted by Gasteiger charge is -2.70. The Morgan fingerprint density at radius 2 is 1.65 bits per heavy atom. The SMILES string of the molecule is C#CON(C(=O)[C@@]1(C)CC[C@]2(C)CC[C@]3(C)C(=CC(=O)[C@@H]4[C@@]5(C)CC[C@H](O)C(C)(C)C5CC[C@]43C)[C@@H]2C1)C1CC1. The molecule has 5 nitrogen and oxygen atoms in total. The molecule has 0 heterocycles. The van der Waals surface area contributed by atoms with Crippen molar-refractivity contribution < 1.29 is 19.5 Å². The molecule has 9 atom stereocenters. The summed E-state index contributed by atoms with van der Waals surface area (Å²) < 4.78 is 0. The average molecular weight is 550 g/mol. The van der Waals surface area contributed by atoms with E-state index in [0.717, 1.165) is 70.6 Å². The number of aliphatic hydroxyl groups excluding tert-OH is 1. The molecule has 1 N–H and O–H groups in total. The molecule has 0 aromatic heterocycles. The highest BCUT2D eigenvalue weighted by atomic mass is 16.7. The lowest BCUT2D eigenvalue weighted by atomic mass is 9.33. The Bertz CT molecular complexity index is 1190. The minimum absolute atomic E-state index is 0.0186. The molecule has 5 heteroatoms. The second-order valence-electron chi connectivity index (χ2n) is 16.7. The van der Waals surface area contributed by atoms with Crippen LogP contribution in [0, 0.1) is 62.8 Å². The number of ketones is 1. The van der Waals surface area contributed by atoms with E-state index in [1.807, 2.05) is 0 Å². The van der Waals surface area contributed by atoms with Crippen LogP contribution in [0.15, 0.2) is 11.6 Å². The van der Waals surface area contributed by atoms with Crippen molar-refractivity contribution in [3.8, 4) is 12.5 Å². The Morgan fingerprint density at radius 3 is 2.30 bits per heavy atom. The zero-order valence-electron chi connectivity index (χ0n) is 25.9. The van der Waals surface area contributed by atoms with E-state index in [-0.39, 0.29) is 57.0 Å². The molecular weight excluding hydrogens is 498 g/mol. The van der Waals surface area contributed by atoms with Crippen LogP contribution < -0.4 is 0 Å². The first-order valence-corrected chi connectivity index (χ1v) is 16.0. The number of aliphatic hydroxyl groups is 1. The summed E-state index contributed by atoms with van der Waals surface area (Å²) in [6.07, 6.45) is 19.9. The van der Waals surface area contributed by atoms with Crippen LogP contribution in [-0.2, 0) is 14.4 Å². The van der Waals surface area contributed by atoms with Gasteiger partial charge in [0.2, 0.25) is 0 Å². The van der Waals surface area contributed by atoms with Crippen LogP contribution in [0.3, 0.4) is 0 Å². The summed E-state index contributed by atoms with van der Waals surface area (Å²) >= 11 is 0. The van der Waals surface area contributed by atoms with Gasteiger partial charge in [-0.3, -0.25) is 9.59 Å². The molecule has 0 spiro atoms. The fourth-order valence-electron chi connectivity index (χ4n) is 11.3. The maximum atomic E-state index is 14.5. The molecule has 0 saturated heterocycles. The van der Waals surface area contributed by atoms with Gasteiger partial charge in [-0.1, -0.05) is 60.5 Å². The van der Waals surface area contributed by atoms with Gasteiger partial charge in [-0.05, 0) is 116 Å². The molecule has 6 aliphatic rings. The zero-order chi connectivity index (χ0) is 29.1. The summed E-state index contributed by atoms with van der Waals surface area (Å²) in [7, 11) is 0. The molecule has 40 heavy (non-hydrogen) atoms. The second kappa shape index (κ2) is 8.62. The smallest absolute Gasteiger partial charge is 0.262 e. The zero-order valence-corrected chi connectivity index (χ0v) is 25.9. The largest absolute Gasteiger partial charge is 0.393 e. The molecule has 0 radical (unpaired) electrons. The quantitative estimate of drug-likeness (QED) is 0.309. The van der Waals surface area contributed by atoms with Gasteiger partial charge in [-0.2, -0.15) is 5.06 Å². The van der Waals surface area contributed by atoms with E-state index in [4.69, 9.17) is 11.3 Å². The molecule has 1 amide bonds. The van der Waals surface area contributed by atoms with Crippen molar-refractivity contribution in [3.05, 3.63) is 11.6 Å². The first kappa shape index (κ1) is 28.3. The highest BCUT2D eigenvalue weighted by Crippen LogP contribution is 2.75. The van der Waals surface area contributed by atoms with Crippen LogP contribution in [0.4, 0.5) is 0 Å². The van der Waals surface area contributed by atoms with Crippen molar-refractivity contribution >= 4 is 11.7 Å². The van der Waals surface area contributed by atoms with Crippen LogP contribution in [0.1, 0.15) is 119 Å². The number of allylic oxidation sites excluding steroid dienone is 2. The molecule has 220 valence electrons. The first-order valence-electron chi connectivity index (χ1n) is 16.0. The molecule has 6 aliphatic carbocycles. The van der Waals surface area contributed by atoms with Gasteiger partial charge in [-0.25, -0.2) is 0 Å². The Hall–Kier alpha value is -1.80. The number of hydrogen-bond acceptors (Lipinski definition) is 4. The van der Waals surface area contributed by atoms with Gasteiger partial charge in [0.1, 0.15) is 6.11 Å². The first-order chi connectivity index (χ1) is 18.6. The van der Waals surface area contributed by atoms with E-state index >= 15 is 0 Å². The van der Waals surface area contributed by atoms with Gasteiger partial charge >= 0.3 is 0 Å². The van der Waals surface area contributed by atoms with Gasteiger partial charge < -0.3 is 9.94 Å². The second-order valence-corrected chi connectivity index (χ2v) is 16.7. The van der Waals surface area contributed by atoms with Crippen molar-refractivity contribution in [1.29, 1.82) is 0 Å². The van der Waals surface area contributed by atoms with Crippen LogP contribution >= 0.6 is 0 Å². The van der Waals surface area contributed by atoms with Crippen LogP contribution in [-0.4, -0.2) is 34.0 Å². The molecule has 5 fully saturated rings. The number of carbonyl (C=O) groups is 2. The van der Waals surface area contributed by atoms with Crippen molar-refractivity contribution in [3.63, 3.8) is 0 Å². The fourth-order valence-corrected chi connectivity index (χ4v) is 11.3. The van der Waals surface area contributed by atoms with Crippen LogP contribution in [0.2, 0.25) is 0 Å². The molecule has 1 unspecified atom stereocenters. The molecule has 0 aromatic carbocycles. The molecule has 0 aliphatic heterocycles. The van der Waals surface area contributed by atoms with E-state index in [9.17, 15) is 14.7 Å². The number of fused-ring (bicyclic) bond motifs is 7. The van der Waals surface area contributed by atoms with Gasteiger partial charge in [-0.15, -0.1) is 0 Å². The summed E-state index contributed by atoms with van der Waals surface area (Å²) in [6.45, 7) is 16.2. The van der Waals surface area contributed by atoms with E-state index < -0.39 is 5.41 Å². The lowest BCUT2D eigenvalue weighted by Crippen LogP contribution is -2.66. The highest BCUT2D eigenvalue weighted by molar-refractivity contribution is 5.95. The van der Waals surface area contributed by atoms with E-state index in [0.29, 0.717) is 11.7 Å². The number of carbonyl (C=O) groups excluding carboxylic acids is 2. The van der Waals surface area contributed by atoms with Gasteiger partial charge in [0.15, 0.2) is 5.78 Å². The number of rotatable bonds is 3. The van der Waals surface area contributed by atoms with E-state index in [1.54, 1.807) is 0 Å². The van der Waals surface area contributed by atoms with Crippen molar-refractivity contribution in [1.82, 2.24) is 5.06 Å².